The molecular weight excluding hydrogens is 977 g/mol. The first-order valence-electron chi connectivity index (χ1n) is 22.4. The second-order valence-electron chi connectivity index (χ2n) is 15.9. The maximum Gasteiger partial charge on any atom is 0.326 e. The quantitative estimate of drug-likeness (QED) is 0.0156. The first kappa shape index (κ1) is 64.9. The van der Waals surface area contributed by atoms with E-state index in [9.17, 15) is 68.1 Å². The number of hydrogen-bond donors (Lipinski definition) is 20. The lowest BCUT2D eigenvalue weighted by molar-refractivity contribution is -0.144. The van der Waals surface area contributed by atoms with Gasteiger partial charge in [0, 0.05) is 32.5 Å². The van der Waals surface area contributed by atoms with Gasteiger partial charge in [0.1, 0.15) is 36.3 Å². The number of nitrogens with zero attached hydrogens (tertiary/aromatic N) is 3. The Balaban J connectivity index is 5.95. The second kappa shape index (κ2) is 35.0. The van der Waals surface area contributed by atoms with Crippen molar-refractivity contribution in [3.8, 4) is 0 Å². The third kappa shape index (κ3) is 29.6. The molecule has 0 heterocycles. The van der Waals surface area contributed by atoms with Gasteiger partial charge in [-0.05, 0) is 58.3 Å². The Bertz CT molecular complexity index is 1990. The summed E-state index contributed by atoms with van der Waals surface area (Å²) < 4.78 is 0. The van der Waals surface area contributed by atoms with Gasteiger partial charge in [-0.2, -0.15) is 0 Å². The normalized spacial score (nSPS) is 13.9. The Morgan fingerprint density at radius 1 is 0.466 bits per heavy atom. The zero-order valence-electron chi connectivity index (χ0n) is 40.0. The molecule has 0 aromatic heterocycles. The van der Waals surface area contributed by atoms with E-state index in [0.717, 1.165) is 6.92 Å². The number of aliphatic hydroxyl groups excluding tert-OH is 2. The molecule has 27 N–H and O–H groups in total. The van der Waals surface area contributed by atoms with Gasteiger partial charge < -0.3 is 108 Å². The minimum Gasteiger partial charge on any atom is -0.481 e. The number of guanidine groups is 3. The zero-order chi connectivity index (χ0) is 55.8. The van der Waals surface area contributed by atoms with E-state index in [-0.39, 0.29) is 69.6 Å². The third-order valence-electron chi connectivity index (χ3n) is 9.76. The van der Waals surface area contributed by atoms with Gasteiger partial charge in [-0.3, -0.25) is 62.9 Å². The van der Waals surface area contributed by atoms with Crippen LogP contribution in [-0.4, -0.2) is 196 Å². The summed E-state index contributed by atoms with van der Waals surface area (Å²) in [4.78, 5) is 150. The van der Waals surface area contributed by atoms with Crippen LogP contribution in [0.5, 0.6) is 0 Å². The van der Waals surface area contributed by atoms with Crippen LogP contribution in [-0.2, 0) is 52.7 Å². The van der Waals surface area contributed by atoms with Crippen molar-refractivity contribution < 1.29 is 78.3 Å². The van der Waals surface area contributed by atoms with Gasteiger partial charge in [-0.15, -0.1) is 0 Å². The molecular formula is C39H70N18O16. The number of hydrogen-bond acceptors (Lipinski definition) is 17. The topological polar surface area (TPSA) is 604 Å². The van der Waals surface area contributed by atoms with Crippen LogP contribution in [0, 0.1) is 0 Å². The number of nitrogens with two attached hydrogens (primary N) is 7. The van der Waals surface area contributed by atoms with Crippen LogP contribution < -0.4 is 82.7 Å². The molecule has 412 valence electrons. The van der Waals surface area contributed by atoms with Gasteiger partial charge in [-0.25, -0.2) is 4.79 Å². The van der Waals surface area contributed by atoms with Crippen molar-refractivity contribution in [3.63, 3.8) is 0 Å². The number of aliphatic imine (C=N–C) groups is 3. The van der Waals surface area contributed by atoms with Crippen molar-refractivity contribution >= 4 is 83.0 Å². The third-order valence-corrected chi connectivity index (χ3v) is 9.76. The molecule has 0 rings (SSSR count). The average molecular weight is 1050 g/mol. The highest BCUT2D eigenvalue weighted by Crippen LogP contribution is 2.07. The van der Waals surface area contributed by atoms with Crippen molar-refractivity contribution in [1.29, 1.82) is 0 Å². The van der Waals surface area contributed by atoms with E-state index in [1.807, 2.05) is 5.32 Å². The van der Waals surface area contributed by atoms with Crippen LogP contribution in [0.2, 0.25) is 0 Å². The minimum absolute atomic E-state index is 0.0162. The summed E-state index contributed by atoms with van der Waals surface area (Å²) in [5, 5.41) is 65.7. The van der Waals surface area contributed by atoms with Gasteiger partial charge in [0.2, 0.25) is 47.3 Å². The second-order valence-corrected chi connectivity index (χ2v) is 15.9. The molecule has 0 aromatic rings. The molecule has 34 heteroatoms. The SMILES string of the molecule is C[C@@H](O)[C@H](NC(=O)CNC(=O)[C@H](CCCN=C(N)N)NC(=O)[C@H](CO)NC(=O)CNC(=O)[C@H](CCCN=C(N)N)NC(=O)[C@@H](N)CCCN=C(N)N)C(=O)N[C@@H](CCC(=O)O)C(=O)N[C@@H](CCC(=O)O)C(=O)O. The van der Waals surface area contributed by atoms with Crippen LogP contribution in [0.1, 0.15) is 71.1 Å². The molecule has 0 bridgehead atoms. The molecule has 34 nitrogen and oxygen atoms in total. The number of nitrogens with one attached hydrogen (secondary N) is 8. The summed E-state index contributed by atoms with van der Waals surface area (Å²) in [5.41, 5.74) is 38.0. The van der Waals surface area contributed by atoms with E-state index in [4.69, 9.17) is 50.3 Å². The summed E-state index contributed by atoms with van der Waals surface area (Å²) in [6, 6.07) is -11.0. The fourth-order valence-electron chi connectivity index (χ4n) is 5.99. The Labute approximate surface area is 417 Å². The molecule has 0 radical (unpaired) electrons. The molecule has 0 aliphatic carbocycles. The monoisotopic (exact) mass is 1050 g/mol. The highest BCUT2D eigenvalue weighted by atomic mass is 16.4. The lowest BCUT2D eigenvalue weighted by Gasteiger charge is -2.26. The van der Waals surface area contributed by atoms with Gasteiger partial charge in [0.15, 0.2) is 17.9 Å². The van der Waals surface area contributed by atoms with E-state index >= 15 is 0 Å². The first-order valence-corrected chi connectivity index (χ1v) is 22.4. The Kier molecular flexibility index (Phi) is 31.1. The van der Waals surface area contributed by atoms with Gasteiger partial charge in [0.05, 0.1) is 31.8 Å². The van der Waals surface area contributed by atoms with E-state index < -0.39 is 159 Å². The van der Waals surface area contributed by atoms with Crippen LogP contribution in [0.3, 0.4) is 0 Å². The lowest BCUT2D eigenvalue weighted by Crippen LogP contribution is -2.59. The lowest BCUT2D eigenvalue weighted by atomic mass is 10.1. The van der Waals surface area contributed by atoms with Crippen LogP contribution in [0.15, 0.2) is 15.0 Å². The average Bonchev–Trinajstić information content (AvgIpc) is 3.30. The molecule has 0 fully saturated rings. The van der Waals surface area contributed by atoms with E-state index in [1.165, 1.54) is 0 Å². The number of aliphatic carboxylic acids is 3. The molecule has 73 heavy (non-hydrogen) atoms. The van der Waals surface area contributed by atoms with E-state index in [1.54, 1.807) is 0 Å². The van der Waals surface area contributed by atoms with Gasteiger partial charge in [-0.1, -0.05) is 0 Å². The van der Waals surface area contributed by atoms with Crippen molar-refractivity contribution in [2.75, 3.05) is 39.3 Å². The Hall–Kier alpha value is -8.14. The Morgan fingerprint density at radius 2 is 0.836 bits per heavy atom. The maximum absolute atomic E-state index is 13.4. The standard InChI is InChI=1S/C39H70N18O16/c1-18(59)29(35(71)55-22(8-10-27(62)63)33(69)56-23(36(72)73)9-11-28(64)65)57-26(61)16-51-32(68)21(7-4-14-49-39(45)46)54-34(70)24(17-58)52-25(60)15-50-31(67)20(6-3-13-48-38(43)44)53-30(66)19(40)5-2-12-47-37(41)42/h18-24,29,58-59H,2-17,40H2,1H3,(H,50,67)(H,51,68)(H,52,60)(H,53,66)(H,54,70)(H,55,71)(H,56,69)(H,57,61)(H,62,63)(H,64,65)(H,72,73)(H4,41,42,47)(H4,43,44,48)(H4,45,46,49)/t18-,19+,20+,21+,22+,23+,24+,29+/m1/s1. The van der Waals surface area contributed by atoms with Crippen molar-refractivity contribution in [3.05, 3.63) is 0 Å². The highest BCUT2D eigenvalue weighted by Gasteiger charge is 2.33. The summed E-state index contributed by atoms with van der Waals surface area (Å²) in [6.45, 7) is -1.49. The van der Waals surface area contributed by atoms with E-state index in [0.29, 0.717) is 6.42 Å². The van der Waals surface area contributed by atoms with Crippen molar-refractivity contribution in [2.24, 2.45) is 55.1 Å². The summed E-state index contributed by atoms with van der Waals surface area (Å²) in [5.74, 6) is -13.5. The molecule has 0 spiro atoms. The molecule has 8 amide bonds. The minimum atomic E-state index is -1.88. The van der Waals surface area contributed by atoms with Crippen LogP contribution >= 0.6 is 0 Å². The van der Waals surface area contributed by atoms with Gasteiger partial charge >= 0.3 is 17.9 Å². The Morgan fingerprint density at radius 3 is 1.25 bits per heavy atom. The van der Waals surface area contributed by atoms with Crippen LogP contribution in [0.25, 0.3) is 0 Å². The molecule has 0 unspecified atom stereocenters. The van der Waals surface area contributed by atoms with Crippen molar-refractivity contribution in [1.82, 2.24) is 42.5 Å². The molecule has 0 aliphatic rings. The number of carboxylic acids is 3. The highest BCUT2D eigenvalue weighted by molar-refractivity contribution is 5.97. The number of amides is 8. The van der Waals surface area contributed by atoms with Crippen molar-refractivity contribution in [2.45, 2.75) is 120 Å². The molecule has 0 saturated carbocycles. The summed E-state index contributed by atoms with van der Waals surface area (Å²) >= 11 is 0. The molecule has 8 atom stereocenters. The summed E-state index contributed by atoms with van der Waals surface area (Å²) in [6.07, 6.45) is -3.84. The number of carbonyl (C=O) groups is 11. The number of carbonyl (C=O) groups excluding carboxylic acids is 8. The predicted octanol–water partition coefficient (Wildman–Crippen LogP) is -10.2. The van der Waals surface area contributed by atoms with Gasteiger partial charge in [0.25, 0.3) is 0 Å². The fourth-order valence-corrected chi connectivity index (χ4v) is 5.99. The fraction of sp³-hybridized carbons (Fsp3) is 0.641. The largest absolute Gasteiger partial charge is 0.481 e. The number of carboxylic acid groups (broad SMARTS) is 3. The maximum atomic E-state index is 13.4. The molecule has 0 aromatic carbocycles. The summed E-state index contributed by atoms with van der Waals surface area (Å²) in [7, 11) is 0. The predicted molar refractivity (Wildman–Crippen MR) is 255 cm³/mol. The smallest absolute Gasteiger partial charge is 0.326 e. The van der Waals surface area contributed by atoms with E-state index in [2.05, 4.69) is 52.2 Å². The first-order chi connectivity index (χ1) is 34.2. The number of rotatable bonds is 37. The van der Waals surface area contributed by atoms with Crippen LogP contribution in [0.4, 0.5) is 0 Å². The molecule has 0 saturated heterocycles. The zero-order valence-corrected chi connectivity index (χ0v) is 40.0. The molecule has 0 aliphatic heterocycles. The number of aliphatic hydroxyl groups is 2.